The molecule has 1 fully saturated rings. The lowest BCUT2D eigenvalue weighted by Gasteiger charge is -2.40. The van der Waals surface area contributed by atoms with Crippen LogP contribution < -0.4 is 5.73 Å². The first-order valence-corrected chi connectivity index (χ1v) is 6.39. The molecule has 1 amide bonds. The summed E-state index contributed by atoms with van der Waals surface area (Å²) in [7, 11) is 0. The first kappa shape index (κ1) is 11.6. The maximum atomic E-state index is 12.3. The van der Waals surface area contributed by atoms with Gasteiger partial charge in [-0.3, -0.25) is 4.79 Å². The van der Waals surface area contributed by atoms with Gasteiger partial charge in [-0.2, -0.15) is 0 Å². The summed E-state index contributed by atoms with van der Waals surface area (Å²) >= 11 is 0. The summed E-state index contributed by atoms with van der Waals surface area (Å²) in [5.41, 5.74) is 5.81. The van der Waals surface area contributed by atoms with Gasteiger partial charge in [0.2, 0.25) is 5.91 Å². The molecule has 1 aliphatic carbocycles. The first-order chi connectivity index (χ1) is 7.74. The Labute approximate surface area is 97.7 Å². The number of hydrogen-bond donors (Lipinski definition) is 1. The maximum Gasteiger partial charge on any atom is 0.226 e. The third kappa shape index (κ3) is 2.14. The zero-order valence-electron chi connectivity index (χ0n) is 10.1. The summed E-state index contributed by atoms with van der Waals surface area (Å²) in [6.07, 6.45) is 8.40. The van der Waals surface area contributed by atoms with Gasteiger partial charge in [0.25, 0.3) is 0 Å². The molecule has 1 aliphatic heterocycles. The second kappa shape index (κ2) is 5.00. The molecule has 16 heavy (non-hydrogen) atoms. The number of piperidine rings is 1. The average molecular weight is 222 g/mol. The Morgan fingerprint density at radius 1 is 1.44 bits per heavy atom. The Morgan fingerprint density at radius 3 is 2.75 bits per heavy atom. The van der Waals surface area contributed by atoms with E-state index < -0.39 is 0 Å². The third-order valence-electron chi connectivity index (χ3n) is 4.00. The summed E-state index contributed by atoms with van der Waals surface area (Å²) in [6.45, 7) is 3.72. The van der Waals surface area contributed by atoms with Gasteiger partial charge in [-0.05, 0) is 31.6 Å². The predicted octanol–water partition coefficient (Wildman–Crippen LogP) is 1.54. The highest BCUT2D eigenvalue weighted by molar-refractivity contribution is 5.80. The van der Waals surface area contributed by atoms with Gasteiger partial charge < -0.3 is 10.6 Å². The largest absolute Gasteiger partial charge is 0.338 e. The molecule has 2 unspecified atom stereocenters. The van der Waals surface area contributed by atoms with Gasteiger partial charge in [-0.25, -0.2) is 0 Å². The van der Waals surface area contributed by atoms with E-state index in [1.807, 2.05) is 4.90 Å². The van der Waals surface area contributed by atoms with Crippen molar-refractivity contribution in [2.45, 2.75) is 38.6 Å². The van der Waals surface area contributed by atoms with E-state index in [4.69, 9.17) is 5.73 Å². The number of carbonyl (C=O) groups is 1. The molecule has 2 rings (SSSR count). The van der Waals surface area contributed by atoms with Gasteiger partial charge in [0.05, 0.1) is 0 Å². The Balaban J connectivity index is 2.02. The minimum absolute atomic E-state index is 0.194. The van der Waals surface area contributed by atoms with E-state index in [9.17, 15) is 4.79 Å². The summed E-state index contributed by atoms with van der Waals surface area (Å²) in [4.78, 5) is 14.4. The van der Waals surface area contributed by atoms with Crippen LogP contribution in [0.1, 0.15) is 32.6 Å². The van der Waals surface area contributed by atoms with Gasteiger partial charge in [0, 0.05) is 25.0 Å². The quantitative estimate of drug-likeness (QED) is 0.720. The summed E-state index contributed by atoms with van der Waals surface area (Å²) in [6, 6.07) is 0.266. The lowest BCUT2D eigenvalue weighted by Crippen LogP contribution is -2.52. The summed E-state index contributed by atoms with van der Waals surface area (Å²) < 4.78 is 0. The fourth-order valence-corrected chi connectivity index (χ4v) is 2.94. The van der Waals surface area contributed by atoms with Crippen molar-refractivity contribution in [1.82, 2.24) is 4.90 Å². The van der Waals surface area contributed by atoms with Crippen molar-refractivity contribution in [3.63, 3.8) is 0 Å². The lowest BCUT2D eigenvalue weighted by atomic mass is 9.89. The Kier molecular flexibility index (Phi) is 3.64. The zero-order chi connectivity index (χ0) is 11.5. The number of nitrogens with two attached hydrogens (primary N) is 1. The molecule has 2 atom stereocenters. The first-order valence-electron chi connectivity index (χ1n) is 6.39. The van der Waals surface area contributed by atoms with Crippen LogP contribution in [0.25, 0.3) is 0 Å². The van der Waals surface area contributed by atoms with Crippen LogP contribution in [0, 0.1) is 11.8 Å². The summed E-state index contributed by atoms with van der Waals surface area (Å²) in [5, 5.41) is 0. The summed E-state index contributed by atoms with van der Waals surface area (Å²) in [5.74, 6) is 1.07. The standard InChI is InChI=1S/C13H22N2O/c1-10-5-4-8-15(12(10)9-14)13(16)11-6-2-3-7-11/h2-3,10-12H,4-9,14H2,1H3. The molecule has 0 aromatic heterocycles. The topological polar surface area (TPSA) is 46.3 Å². The maximum absolute atomic E-state index is 12.3. The van der Waals surface area contributed by atoms with Gasteiger partial charge >= 0.3 is 0 Å². The molecule has 2 aliphatic rings. The van der Waals surface area contributed by atoms with E-state index in [0.29, 0.717) is 18.4 Å². The van der Waals surface area contributed by atoms with Crippen molar-refractivity contribution in [2.75, 3.05) is 13.1 Å². The number of allylic oxidation sites excluding steroid dienone is 2. The molecule has 0 aromatic rings. The van der Waals surface area contributed by atoms with E-state index in [2.05, 4.69) is 19.1 Å². The smallest absolute Gasteiger partial charge is 0.226 e. The van der Waals surface area contributed by atoms with Crippen LogP contribution in [0.2, 0.25) is 0 Å². The molecule has 3 heteroatoms. The molecule has 0 bridgehead atoms. The highest BCUT2D eigenvalue weighted by Crippen LogP contribution is 2.27. The third-order valence-corrected chi connectivity index (χ3v) is 4.00. The Bertz CT molecular complexity index is 280. The highest BCUT2D eigenvalue weighted by atomic mass is 16.2. The van der Waals surface area contributed by atoms with Gasteiger partial charge in [-0.1, -0.05) is 19.1 Å². The molecule has 0 spiro atoms. The normalized spacial score (nSPS) is 31.0. The minimum atomic E-state index is 0.194. The van der Waals surface area contributed by atoms with Crippen LogP contribution in [-0.2, 0) is 4.79 Å². The average Bonchev–Trinajstić information content (AvgIpc) is 2.81. The molecule has 3 nitrogen and oxygen atoms in total. The monoisotopic (exact) mass is 222 g/mol. The van der Waals surface area contributed by atoms with Crippen LogP contribution >= 0.6 is 0 Å². The number of carbonyl (C=O) groups excluding carboxylic acids is 1. The van der Waals surface area contributed by atoms with Crippen molar-refractivity contribution in [1.29, 1.82) is 0 Å². The van der Waals surface area contributed by atoms with Gasteiger partial charge in [0.15, 0.2) is 0 Å². The van der Waals surface area contributed by atoms with E-state index in [0.717, 1.165) is 25.8 Å². The molecular formula is C13H22N2O. The number of nitrogens with zero attached hydrogens (tertiary/aromatic N) is 1. The SMILES string of the molecule is CC1CCCN(C(=O)C2CC=CC2)C1CN. The molecular weight excluding hydrogens is 200 g/mol. The molecule has 2 N–H and O–H groups in total. The van der Waals surface area contributed by atoms with Crippen LogP contribution in [-0.4, -0.2) is 29.9 Å². The van der Waals surface area contributed by atoms with Crippen LogP contribution in [0.3, 0.4) is 0 Å². The van der Waals surface area contributed by atoms with Crippen molar-refractivity contribution in [3.05, 3.63) is 12.2 Å². The van der Waals surface area contributed by atoms with Gasteiger partial charge in [-0.15, -0.1) is 0 Å². The molecule has 1 heterocycles. The van der Waals surface area contributed by atoms with Crippen LogP contribution in [0.5, 0.6) is 0 Å². The lowest BCUT2D eigenvalue weighted by molar-refractivity contribution is -0.140. The van der Waals surface area contributed by atoms with Gasteiger partial charge in [0.1, 0.15) is 0 Å². The molecule has 90 valence electrons. The number of rotatable bonds is 2. The predicted molar refractivity (Wildman–Crippen MR) is 64.8 cm³/mol. The Morgan fingerprint density at radius 2 is 2.12 bits per heavy atom. The van der Waals surface area contributed by atoms with Crippen molar-refractivity contribution in [3.8, 4) is 0 Å². The van der Waals surface area contributed by atoms with Crippen LogP contribution in [0.15, 0.2) is 12.2 Å². The molecule has 0 radical (unpaired) electrons. The van der Waals surface area contributed by atoms with Crippen LogP contribution in [0.4, 0.5) is 0 Å². The van der Waals surface area contributed by atoms with Crippen molar-refractivity contribution in [2.24, 2.45) is 17.6 Å². The zero-order valence-corrected chi connectivity index (χ0v) is 10.1. The fourth-order valence-electron chi connectivity index (χ4n) is 2.94. The number of amides is 1. The second-order valence-electron chi connectivity index (χ2n) is 5.09. The molecule has 0 saturated carbocycles. The number of likely N-dealkylation sites (tertiary alicyclic amines) is 1. The Hall–Kier alpha value is -0.830. The molecule has 1 saturated heterocycles. The van der Waals surface area contributed by atoms with Crippen molar-refractivity contribution >= 4 is 5.91 Å². The second-order valence-corrected chi connectivity index (χ2v) is 5.09. The van der Waals surface area contributed by atoms with E-state index >= 15 is 0 Å². The van der Waals surface area contributed by atoms with Crippen molar-refractivity contribution < 1.29 is 4.79 Å². The van der Waals surface area contributed by atoms with E-state index in [1.54, 1.807) is 0 Å². The van der Waals surface area contributed by atoms with E-state index in [-0.39, 0.29) is 12.0 Å². The molecule has 0 aromatic carbocycles. The fraction of sp³-hybridized carbons (Fsp3) is 0.769. The van der Waals surface area contributed by atoms with E-state index in [1.165, 1.54) is 6.42 Å². The minimum Gasteiger partial charge on any atom is -0.338 e. The number of hydrogen-bond acceptors (Lipinski definition) is 2. The highest BCUT2D eigenvalue weighted by Gasteiger charge is 2.34.